The van der Waals surface area contributed by atoms with Gasteiger partial charge in [0, 0.05) is 12.6 Å². The minimum atomic E-state index is -0.289. The van der Waals surface area contributed by atoms with Crippen molar-refractivity contribution >= 4 is 18.3 Å². The summed E-state index contributed by atoms with van der Waals surface area (Å²) in [6.45, 7) is 6.64. The number of carbonyl (C=O) groups excluding carboxylic acids is 1. The first-order valence-electron chi connectivity index (χ1n) is 9.07. The molecule has 1 atom stereocenters. The van der Waals surface area contributed by atoms with Gasteiger partial charge in [-0.25, -0.2) is 4.68 Å². The highest BCUT2D eigenvalue weighted by molar-refractivity contribution is 5.91. The summed E-state index contributed by atoms with van der Waals surface area (Å²) in [5.41, 5.74) is 10.7. The molecule has 3 N–H and O–H groups in total. The van der Waals surface area contributed by atoms with Gasteiger partial charge in [-0.3, -0.25) is 4.79 Å². The van der Waals surface area contributed by atoms with Crippen molar-refractivity contribution in [3.05, 3.63) is 77.1 Å². The molecule has 0 bridgehead atoms. The largest absolute Gasteiger partial charge is 0.349 e. The van der Waals surface area contributed by atoms with Crippen molar-refractivity contribution < 1.29 is 4.79 Å². The molecule has 1 amide bonds. The third-order valence-corrected chi connectivity index (χ3v) is 4.51. The summed E-state index contributed by atoms with van der Waals surface area (Å²) in [5.74, 6) is 0.189. The fourth-order valence-electron chi connectivity index (χ4n) is 2.80. The first kappa shape index (κ1) is 21.6. The molecule has 0 aliphatic carbocycles. The van der Waals surface area contributed by atoms with E-state index in [0.717, 1.165) is 16.8 Å². The number of halogens is 1. The van der Waals surface area contributed by atoms with Crippen LogP contribution in [0.3, 0.4) is 0 Å². The minimum Gasteiger partial charge on any atom is -0.349 e. The predicted octanol–water partition coefficient (Wildman–Crippen LogP) is 3.55. The van der Waals surface area contributed by atoms with E-state index in [4.69, 9.17) is 5.73 Å². The van der Waals surface area contributed by atoms with E-state index >= 15 is 0 Å². The molecule has 1 heterocycles. The summed E-state index contributed by atoms with van der Waals surface area (Å²) in [5, 5.41) is 10.8. The minimum absolute atomic E-state index is 0. The van der Waals surface area contributed by atoms with Gasteiger partial charge in [-0.15, -0.1) is 17.5 Å². The number of aryl methyl sites for hydroxylation is 1. The quantitative estimate of drug-likeness (QED) is 0.663. The Morgan fingerprint density at radius 1 is 1.14 bits per heavy atom. The smallest absolute Gasteiger partial charge is 0.273 e. The second kappa shape index (κ2) is 9.48. The second-order valence-electron chi connectivity index (χ2n) is 7.03. The Kier molecular flexibility index (Phi) is 7.31. The molecule has 7 heteroatoms. The fourth-order valence-corrected chi connectivity index (χ4v) is 2.80. The van der Waals surface area contributed by atoms with Crippen LogP contribution in [0.25, 0.3) is 5.69 Å². The van der Waals surface area contributed by atoms with E-state index in [2.05, 4.69) is 41.6 Å². The molecule has 28 heavy (non-hydrogen) atoms. The van der Waals surface area contributed by atoms with E-state index in [1.54, 1.807) is 10.9 Å². The number of benzene rings is 2. The van der Waals surface area contributed by atoms with Crippen LogP contribution >= 0.6 is 12.4 Å². The first-order chi connectivity index (χ1) is 12.9. The van der Waals surface area contributed by atoms with Gasteiger partial charge in [-0.05, 0) is 41.7 Å². The SMILES string of the molecule is Cc1cccc(-n2cc(C(=O)NCC(N)c3ccc(C(C)C)cc3)nn2)c1.Cl. The highest BCUT2D eigenvalue weighted by atomic mass is 35.5. The molecule has 0 fully saturated rings. The third-order valence-electron chi connectivity index (χ3n) is 4.51. The molecule has 0 radical (unpaired) electrons. The maximum Gasteiger partial charge on any atom is 0.273 e. The third kappa shape index (κ3) is 5.18. The average Bonchev–Trinajstić information content (AvgIpc) is 3.16. The van der Waals surface area contributed by atoms with E-state index in [1.807, 2.05) is 43.3 Å². The topological polar surface area (TPSA) is 85.8 Å². The van der Waals surface area contributed by atoms with Crippen LogP contribution in [0.4, 0.5) is 0 Å². The molecule has 0 aliphatic heterocycles. The lowest BCUT2D eigenvalue weighted by molar-refractivity contribution is 0.0946. The van der Waals surface area contributed by atoms with E-state index < -0.39 is 0 Å². The zero-order chi connectivity index (χ0) is 19.4. The molecule has 148 valence electrons. The predicted molar refractivity (Wildman–Crippen MR) is 113 cm³/mol. The average molecular weight is 400 g/mol. The van der Waals surface area contributed by atoms with Crippen molar-refractivity contribution in [1.29, 1.82) is 0 Å². The number of nitrogens with two attached hydrogens (primary N) is 1. The number of nitrogens with zero attached hydrogens (tertiary/aromatic N) is 3. The van der Waals surface area contributed by atoms with Gasteiger partial charge in [0.1, 0.15) is 0 Å². The summed E-state index contributed by atoms with van der Waals surface area (Å²) in [6, 6.07) is 15.7. The summed E-state index contributed by atoms with van der Waals surface area (Å²) in [4.78, 5) is 12.4. The molecule has 3 rings (SSSR count). The molecular weight excluding hydrogens is 374 g/mol. The van der Waals surface area contributed by atoms with Gasteiger partial charge in [-0.2, -0.15) is 0 Å². The zero-order valence-electron chi connectivity index (χ0n) is 16.3. The Bertz CT molecular complexity index is 921. The second-order valence-corrected chi connectivity index (χ2v) is 7.03. The van der Waals surface area contributed by atoms with Gasteiger partial charge >= 0.3 is 0 Å². The van der Waals surface area contributed by atoms with Gasteiger partial charge in [0.15, 0.2) is 5.69 Å². The first-order valence-corrected chi connectivity index (χ1v) is 9.07. The molecule has 0 saturated heterocycles. The number of aromatic nitrogens is 3. The Morgan fingerprint density at radius 2 is 1.82 bits per heavy atom. The Morgan fingerprint density at radius 3 is 2.46 bits per heavy atom. The highest BCUT2D eigenvalue weighted by Crippen LogP contribution is 2.17. The van der Waals surface area contributed by atoms with Crippen LogP contribution in [0.1, 0.15) is 53.0 Å². The lowest BCUT2D eigenvalue weighted by atomic mass is 9.99. The molecule has 6 nitrogen and oxygen atoms in total. The van der Waals surface area contributed by atoms with Crippen LogP contribution in [0.5, 0.6) is 0 Å². The van der Waals surface area contributed by atoms with E-state index in [9.17, 15) is 4.79 Å². The van der Waals surface area contributed by atoms with Crippen molar-refractivity contribution in [2.75, 3.05) is 6.54 Å². The van der Waals surface area contributed by atoms with Crippen LogP contribution < -0.4 is 11.1 Å². The molecule has 0 saturated carbocycles. The number of nitrogens with one attached hydrogen (secondary N) is 1. The lowest BCUT2D eigenvalue weighted by Gasteiger charge is -2.14. The van der Waals surface area contributed by atoms with Crippen LogP contribution in [-0.2, 0) is 0 Å². The summed E-state index contributed by atoms with van der Waals surface area (Å²) in [7, 11) is 0. The van der Waals surface area contributed by atoms with Crippen molar-refractivity contribution in [1.82, 2.24) is 20.3 Å². The molecule has 2 aromatic carbocycles. The van der Waals surface area contributed by atoms with Crippen molar-refractivity contribution in [2.45, 2.75) is 32.7 Å². The highest BCUT2D eigenvalue weighted by Gasteiger charge is 2.14. The van der Waals surface area contributed by atoms with Crippen molar-refractivity contribution in [3.8, 4) is 5.69 Å². The number of hydrogen-bond acceptors (Lipinski definition) is 4. The zero-order valence-corrected chi connectivity index (χ0v) is 17.1. The van der Waals surface area contributed by atoms with Gasteiger partial charge in [0.2, 0.25) is 0 Å². The normalized spacial score (nSPS) is 11.8. The maximum atomic E-state index is 12.4. The summed E-state index contributed by atoms with van der Waals surface area (Å²) < 4.78 is 1.59. The van der Waals surface area contributed by atoms with E-state index in [0.29, 0.717) is 12.5 Å². The fraction of sp³-hybridized carbons (Fsp3) is 0.286. The number of carbonyl (C=O) groups is 1. The van der Waals surface area contributed by atoms with Gasteiger partial charge < -0.3 is 11.1 Å². The Balaban J connectivity index is 0.00000280. The molecule has 0 spiro atoms. The molecular formula is C21H26ClN5O. The standard InChI is InChI=1S/C21H25N5O.ClH/c1-14(2)16-7-9-17(10-8-16)19(22)12-23-21(27)20-13-26(25-24-20)18-6-4-5-15(3)11-18;/h4-11,13-14,19H,12,22H2,1-3H3,(H,23,27);1H. The number of hydrogen-bond donors (Lipinski definition) is 2. The van der Waals surface area contributed by atoms with E-state index in [1.165, 1.54) is 5.56 Å². The number of rotatable bonds is 6. The van der Waals surface area contributed by atoms with Gasteiger partial charge in [-0.1, -0.05) is 55.5 Å². The monoisotopic (exact) mass is 399 g/mol. The lowest BCUT2D eigenvalue weighted by Crippen LogP contribution is -2.32. The van der Waals surface area contributed by atoms with Crippen molar-refractivity contribution in [2.24, 2.45) is 5.73 Å². The molecule has 1 aromatic heterocycles. The van der Waals surface area contributed by atoms with E-state index in [-0.39, 0.29) is 30.0 Å². The van der Waals surface area contributed by atoms with Crippen LogP contribution in [0, 0.1) is 6.92 Å². The van der Waals surface area contributed by atoms with Crippen LogP contribution in [-0.4, -0.2) is 27.4 Å². The number of amides is 1. The van der Waals surface area contributed by atoms with Crippen LogP contribution in [0.15, 0.2) is 54.7 Å². The summed E-state index contributed by atoms with van der Waals surface area (Å²) >= 11 is 0. The van der Waals surface area contributed by atoms with Crippen LogP contribution in [0.2, 0.25) is 0 Å². The Labute approximate surface area is 171 Å². The molecule has 1 unspecified atom stereocenters. The maximum absolute atomic E-state index is 12.4. The Hall–Kier alpha value is -2.70. The van der Waals surface area contributed by atoms with Crippen molar-refractivity contribution in [3.63, 3.8) is 0 Å². The molecule has 3 aromatic rings. The molecule has 0 aliphatic rings. The van der Waals surface area contributed by atoms with Gasteiger partial charge in [0.25, 0.3) is 5.91 Å². The van der Waals surface area contributed by atoms with Gasteiger partial charge in [0.05, 0.1) is 11.9 Å². The summed E-state index contributed by atoms with van der Waals surface area (Å²) in [6.07, 6.45) is 1.62.